The number of nitrogens with one attached hydrogen (secondary N) is 2. The molecule has 1 fully saturated rings. The Morgan fingerprint density at radius 1 is 1.14 bits per heavy atom. The van der Waals surface area contributed by atoms with Gasteiger partial charge in [0.15, 0.2) is 0 Å². The van der Waals surface area contributed by atoms with E-state index in [9.17, 15) is 9.59 Å². The minimum atomic E-state index is -0.107. The lowest BCUT2D eigenvalue weighted by molar-refractivity contribution is -0.120. The molecule has 4 nitrogen and oxygen atoms in total. The molecule has 0 unspecified atom stereocenters. The molecule has 0 saturated heterocycles. The number of amides is 2. The summed E-state index contributed by atoms with van der Waals surface area (Å²) in [4.78, 5) is 24.3. The maximum Gasteiger partial charge on any atom is 0.265 e. The fourth-order valence-corrected chi connectivity index (χ4v) is 2.62. The first kappa shape index (κ1) is 13.8. The average Bonchev–Trinajstić information content (AvgIpc) is 3.10. The molecular weight excluding hydrogens is 284 g/mol. The van der Waals surface area contributed by atoms with Gasteiger partial charge in [-0.05, 0) is 42.0 Å². The zero-order valence-corrected chi connectivity index (χ0v) is 12.3. The average molecular weight is 300 g/mol. The van der Waals surface area contributed by atoms with Gasteiger partial charge in [0.1, 0.15) is 0 Å². The lowest BCUT2D eigenvalue weighted by atomic mass is 10.1. The predicted molar refractivity (Wildman–Crippen MR) is 83.6 cm³/mol. The van der Waals surface area contributed by atoms with Gasteiger partial charge in [0.05, 0.1) is 11.3 Å². The molecule has 1 aliphatic rings. The van der Waals surface area contributed by atoms with E-state index in [1.54, 1.807) is 6.07 Å². The molecule has 2 N–H and O–H groups in total. The Bertz CT molecular complexity index is 631. The summed E-state index contributed by atoms with van der Waals surface area (Å²) in [5.41, 5.74) is 1.68. The second-order valence-corrected chi connectivity index (χ2v) is 6.09. The highest BCUT2D eigenvalue weighted by Gasteiger charge is 2.22. The van der Waals surface area contributed by atoms with Crippen LogP contribution >= 0.6 is 11.3 Å². The van der Waals surface area contributed by atoms with Gasteiger partial charge in [-0.15, -0.1) is 11.3 Å². The SMILES string of the molecule is O=C(Cc1ccc(NC(=O)c2cccs2)cc1)NC1CC1. The molecule has 21 heavy (non-hydrogen) atoms. The molecule has 0 bridgehead atoms. The number of hydrogen-bond acceptors (Lipinski definition) is 3. The third-order valence-electron chi connectivity index (χ3n) is 3.26. The van der Waals surface area contributed by atoms with Crippen LogP contribution in [-0.4, -0.2) is 17.9 Å². The minimum Gasteiger partial charge on any atom is -0.353 e. The lowest BCUT2D eigenvalue weighted by Gasteiger charge is -2.06. The Labute approximate surface area is 127 Å². The highest BCUT2D eigenvalue weighted by molar-refractivity contribution is 7.12. The fourth-order valence-electron chi connectivity index (χ4n) is 2.00. The summed E-state index contributed by atoms with van der Waals surface area (Å²) in [6.07, 6.45) is 2.58. The zero-order valence-electron chi connectivity index (χ0n) is 11.5. The van der Waals surface area contributed by atoms with E-state index in [-0.39, 0.29) is 11.8 Å². The number of carbonyl (C=O) groups is 2. The summed E-state index contributed by atoms with van der Waals surface area (Å²) >= 11 is 1.41. The molecule has 1 aromatic heterocycles. The lowest BCUT2D eigenvalue weighted by Crippen LogP contribution is -2.26. The summed E-state index contributed by atoms with van der Waals surface area (Å²) in [7, 11) is 0. The third kappa shape index (κ3) is 3.92. The van der Waals surface area contributed by atoms with E-state index in [2.05, 4.69) is 10.6 Å². The van der Waals surface area contributed by atoms with Crippen molar-refractivity contribution in [2.24, 2.45) is 0 Å². The van der Waals surface area contributed by atoms with Gasteiger partial charge in [-0.3, -0.25) is 9.59 Å². The number of rotatable bonds is 5. The molecule has 1 aliphatic carbocycles. The second-order valence-electron chi connectivity index (χ2n) is 5.15. The Balaban J connectivity index is 1.56. The van der Waals surface area contributed by atoms with Crippen molar-refractivity contribution in [3.63, 3.8) is 0 Å². The smallest absolute Gasteiger partial charge is 0.265 e. The first-order valence-corrected chi connectivity index (χ1v) is 7.82. The van der Waals surface area contributed by atoms with Crippen LogP contribution in [0.15, 0.2) is 41.8 Å². The maximum atomic E-state index is 11.9. The van der Waals surface area contributed by atoms with Gasteiger partial charge in [-0.1, -0.05) is 18.2 Å². The molecule has 1 aromatic carbocycles. The molecule has 108 valence electrons. The van der Waals surface area contributed by atoms with Crippen LogP contribution in [0.3, 0.4) is 0 Å². The van der Waals surface area contributed by atoms with Gasteiger partial charge in [0.2, 0.25) is 5.91 Å². The van der Waals surface area contributed by atoms with Crippen molar-refractivity contribution >= 4 is 28.8 Å². The second kappa shape index (κ2) is 6.10. The van der Waals surface area contributed by atoms with Gasteiger partial charge < -0.3 is 10.6 Å². The Morgan fingerprint density at radius 2 is 1.90 bits per heavy atom. The van der Waals surface area contributed by atoms with Gasteiger partial charge in [-0.25, -0.2) is 0 Å². The van der Waals surface area contributed by atoms with Crippen molar-refractivity contribution in [3.8, 4) is 0 Å². The molecule has 2 aromatic rings. The molecule has 0 atom stereocenters. The summed E-state index contributed by atoms with van der Waals surface area (Å²) in [5.74, 6) is -0.0444. The minimum absolute atomic E-state index is 0.0628. The van der Waals surface area contributed by atoms with E-state index >= 15 is 0 Å². The van der Waals surface area contributed by atoms with Crippen LogP contribution in [0.2, 0.25) is 0 Å². The number of carbonyl (C=O) groups excluding carboxylic acids is 2. The molecule has 1 saturated carbocycles. The Morgan fingerprint density at radius 3 is 2.52 bits per heavy atom. The van der Waals surface area contributed by atoms with E-state index in [1.807, 2.05) is 35.7 Å². The van der Waals surface area contributed by atoms with Crippen molar-refractivity contribution in [2.75, 3.05) is 5.32 Å². The van der Waals surface area contributed by atoms with Crippen LogP contribution in [0.5, 0.6) is 0 Å². The predicted octanol–water partition coefficient (Wildman–Crippen LogP) is 2.82. The molecule has 5 heteroatoms. The van der Waals surface area contributed by atoms with E-state index in [0.717, 1.165) is 24.1 Å². The molecule has 0 radical (unpaired) electrons. The van der Waals surface area contributed by atoms with E-state index < -0.39 is 0 Å². The van der Waals surface area contributed by atoms with Gasteiger partial charge in [-0.2, -0.15) is 0 Å². The molecular formula is C16H16N2O2S. The molecule has 2 amide bonds. The zero-order chi connectivity index (χ0) is 14.7. The van der Waals surface area contributed by atoms with Crippen molar-refractivity contribution < 1.29 is 9.59 Å². The Hall–Kier alpha value is -2.14. The summed E-state index contributed by atoms with van der Waals surface area (Å²) in [6, 6.07) is 11.4. The van der Waals surface area contributed by atoms with E-state index in [4.69, 9.17) is 0 Å². The molecule has 1 heterocycles. The van der Waals surface area contributed by atoms with Crippen LogP contribution in [0, 0.1) is 0 Å². The number of benzene rings is 1. The van der Waals surface area contributed by atoms with Crippen molar-refractivity contribution in [2.45, 2.75) is 25.3 Å². The molecule has 0 spiro atoms. The Kier molecular flexibility index (Phi) is 4.01. The normalized spacial score (nSPS) is 13.7. The van der Waals surface area contributed by atoms with Crippen molar-refractivity contribution in [3.05, 3.63) is 52.2 Å². The summed E-state index contributed by atoms with van der Waals surface area (Å²) < 4.78 is 0. The van der Waals surface area contributed by atoms with Crippen LogP contribution in [0.1, 0.15) is 28.1 Å². The fraction of sp³-hybridized carbons (Fsp3) is 0.250. The first-order chi connectivity index (χ1) is 10.2. The molecule has 0 aliphatic heterocycles. The quantitative estimate of drug-likeness (QED) is 0.892. The van der Waals surface area contributed by atoms with Gasteiger partial charge >= 0.3 is 0 Å². The third-order valence-corrected chi connectivity index (χ3v) is 4.13. The van der Waals surface area contributed by atoms with Crippen LogP contribution in [-0.2, 0) is 11.2 Å². The van der Waals surface area contributed by atoms with E-state index in [1.165, 1.54) is 11.3 Å². The summed E-state index contributed by atoms with van der Waals surface area (Å²) in [6.45, 7) is 0. The van der Waals surface area contributed by atoms with E-state index in [0.29, 0.717) is 17.3 Å². The van der Waals surface area contributed by atoms with Crippen LogP contribution < -0.4 is 10.6 Å². The van der Waals surface area contributed by atoms with Crippen molar-refractivity contribution in [1.29, 1.82) is 0 Å². The number of anilines is 1. The van der Waals surface area contributed by atoms with Gasteiger partial charge in [0, 0.05) is 11.7 Å². The molecule has 3 rings (SSSR count). The van der Waals surface area contributed by atoms with Gasteiger partial charge in [0.25, 0.3) is 5.91 Å². The summed E-state index contributed by atoms with van der Waals surface area (Å²) in [5, 5.41) is 7.67. The highest BCUT2D eigenvalue weighted by Crippen LogP contribution is 2.19. The standard InChI is InChI=1S/C16H16N2O2S/c19-15(17-12-7-8-12)10-11-3-5-13(6-4-11)18-16(20)14-2-1-9-21-14/h1-6,9,12H,7-8,10H2,(H,17,19)(H,18,20). The van der Waals surface area contributed by atoms with Crippen molar-refractivity contribution in [1.82, 2.24) is 5.32 Å². The topological polar surface area (TPSA) is 58.2 Å². The first-order valence-electron chi connectivity index (χ1n) is 6.94. The highest BCUT2D eigenvalue weighted by atomic mass is 32.1. The maximum absolute atomic E-state index is 11.9. The van der Waals surface area contributed by atoms with Crippen LogP contribution in [0.25, 0.3) is 0 Å². The monoisotopic (exact) mass is 300 g/mol. The largest absolute Gasteiger partial charge is 0.353 e. The van der Waals surface area contributed by atoms with Crippen LogP contribution in [0.4, 0.5) is 5.69 Å². The number of thiophene rings is 1. The number of hydrogen-bond donors (Lipinski definition) is 2.